The van der Waals surface area contributed by atoms with E-state index in [0.717, 1.165) is 56.6 Å². The Kier molecular flexibility index (Phi) is 8.22. The summed E-state index contributed by atoms with van der Waals surface area (Å²) in [5.41, 5.74) is 0.546. The highest BCUT2D eigenvalue weighted by atomic mass is 19.1. The van der Waals surface area contributed by atoms with Crippen LogP contribution in [-0.4, -0.2) is 18.0 Å². The molecule has 0 aromatic heterocycles. The third kappa shape index (κ3) is 6.07. The molecule has 0 saturated heterocycles. The molecule has 0 aliphatic heterocycles. The number of anilines is 1. The van der Waals surface area contributed by atoms with Crippen molar-refractivity contribution in [2.24, 2.45) is 10.2 Å². The molecule has 2 aromatic rings. The van der Waals surface area contributed by atoms with E-state index >= 15 is 0 Å². The molecule has 0 radical (unpaired) electrons. The molecule has 0 aliphatic carbocycles. The maximum atomic E-state index is 14.2. The molecule has 2 rings (SSSR count). The lowest BCUT2D eigenvalue weighted by atomic mass is 10.1. The van der Waals surface area contributed by atoms with Gasteiger partial charge >= 0.3 is 0 Å². The molecular formula is C21H24FN5O2. The largest absolute Gasteiger partial charge is 0.372 e. The van der Waals surface area contributed by atoms with E-state index in [9.17, 15) is 14.5 Å². The predicted molar refractivity (Wildman–Crippen MR) is 110 cm³/mol. The highest BCUT2D eigenvalue weighted by Crippen LogP contribution is 2.30. The van der Waals surface area contributed by atoms with Crippen molar-refractivity contribution < 1.29 is 9.31 Å². The second-order valence-electron chi connectivity index (χ2n) is 6.60. The van der Waals surface area contributed by atoms with Gasteiger partial charge < -0.3 is 4.90 Å². The first-order valence-electron chi connectivity index (χ1n) is 9.64. The molecule has 0 heterocycles. The van der Waals surface area contributed by atoms with Crippen LogP contribution in [0.25, 0.3) is 0 Å². The summed E-state index contributed by atoms with van der Waals surface area (Å²) in [5.74, 6) is -0.957. The molecular weight excluding hydrogens is 373 g/mol. The van der Waals surface area contributed by atoms with Gasteiger partial charge in [0.1, 0.15) is 11.8 Å². The second-order valence-corrected chi connectivity index (χ2v) is 6.60. The summed E-state index contributed by atoms with van der Waals surface area (Å²) in [6.07, 6.45) is 4.47. The summed E-state index contributed by atoms with van der Waals surface area (Å²) in [6, 6.07) is 10.9. The van der Waals surface area contributed by atoms with Crippen LogP contribution in [0.4, 0.5) is 27.1 Å². The minimum Gasteiger partial charge on any atom is -0.372 e. The quantitative estimate of drug-likeness (QED) is 0.262. The Morgan fingerprint density at radius 3 is 2.24 bits per heavy atom. The fourth-order valence-electron chi connectivity index (χ4n) is 2.78. The number of nitriles is 1. The molecule has 0 aliphatic rings. The van der Waals surface area contributed by atoms with Crippen molar-refractivity contribution in [2.45, 2.75) is 39.5 Å². The van der Waals surface area contributed by atoms with Gasteiger partial charge in [-0.1, -0.05) is 26.7 Å². The number of azo groups is 1. The van der Waals surface area contributed by atoms with Gasteiger partial charge in [0.05, 0.1) is 22.2 Å². The number of hydrogen-bond acceptors (Lipinski definition) is 6. The van der Waals surface area contributed by atoms with E-state index < -0.39 is 16.4 Å². The number of nitro benzene ring substituents is 1. The van der Waals surface area contributed by atoms with Crippen LogP contribution in [0.1, 0.15) is 45.1 Å². The summed E-state index contributed by atoms with van der Waals surface area (Å²) < 4.78 is 14.2. The number of benzene rings is 2. The lowest BCUT2D eigenvalue weighted by Gasteiger charge is -2.24. The van der Waals surface area contributed by atoms with E-state index in [1.165, 1.54) is 0 Å². The Labute approximate surface area is 169 Å². The first-order chi connectivity index (χ1) is 14.0. The molecule has 8 heteroatoms. The van der Waals surface area contributed by atoms with Gasteiger partial charge in [-0.05, 0) is 37.1 Å². The van der Waals surface area contributed by atoms with E-state index in [1.54, 1.807) is 18.2 Å². The molecule has 0 amide bonds. The fraction of sp³-hybridized carbons (Fsp3) is 0.381. The third-order valence-electron chi connectivity index (χ3n) is 4.42. The Hall–Kier alpha value is -3.34. The first kappa shape index (κ1) is 22.0. The van der Waals surface area contributed by atoms with Crippen LogP contribution in [0.3, 0.4) is 0 Å². The summed E-state index contributed by atoms with van der Waals surface area (Å²) in [4.78, 5) is 12.4. The van der Waals surface area contributed by atoms with E-state index in [-0.39, 0.29) is 11.3 Å². The smallest absolute Gasteiger partial charge is 0.273 e. The highest BCUT2D eigenvalue weighted by Gasteiger charge is 2.16. The first-order valence-corrected chi connectivity index (χ1v) is 9.64. The van der Waals surface area contributed by atoms with Crippen LogP contribution in [-0.2, 0) is 0 Å². The monoisotopic (exact) mass is 397 g/mol. The number of unbranched alkanes of at least 4 members (excludes halogenated alkanes) is 2. The van der Waals surface area contributed by atoms with Crippen LogP contribution in [0.15, 0.2) is 46.6 Å². The number of nitro groups is 1. The molecule has 2 aromatic carbocycles. The van der Waals surface area contributed by atoms with Crippen molar-refractivity contribution in [3.8, 4) is 6.07 Å². The lowest BCUT2D eigenvalue weighted by molar-refractivity contribution is -0.385. The predicted octanol–water partition coefficient (Wildman–Crippen LogP) is 6.43. The minimum atomic E-state index is -0.957. The van der Waals surface area contributed by atoms with Gasteiger partial charge in [0.25, 0.3) is 5.69 Å². The summed E-state index contributed by atoms with van der Waals surface area (Å²) in [5, 5.41) is 27.7. The Morgan fingerprint density at radius 2 is 1.72 bits per heavy atom. The van der Waals surface area contributed by atoms with Gasteiger partial charge in [-0.25, -0.2) is 4.39 Å². The van der Waals surface area contributed by atoms with Crippen molar-refractivity contribution in [1.29, 1.82) is 5.26 Å². The molecule has 0 spiro atoms. The number of hydrogen-bond donors (Lipinski definition) is 0. The Balaban J connectivity index is 2.22. The maximum Gasteiger partial charge on any atom is 0.273 e. The lowest BCUT2D eigenvalue weighted by Crippen LogP contribution is -2.25. The van der Waals surface area contributed by atoms with Crippen molar-refractivity contribution in [2.75, 3.05) is 18.0 Å². The molecule has 29 heavy (non-hydrogen) atoms. The average Bonchev–Trinajstić information content (AvgIpc) is 2.73. The SMILES string of the molecule is CCCCN(CCCC)c1ccc(N=Nc2c(F)cc([N+](=O)[O-])cc2C#N)cc1. The number of nitrogens with zero attached hydrogens (tertiary/aromatic N) is 5. The highest BCUT2D eigenvalue weighted by molar-refractivity contribution is 5.59. The summed E-state index contributed by atoms with van der Waals surface area (Å²) >= 11 is 0. The van der Waals surface area contributed by atoms with Crippen LogP contribution >= 0.6 is 0 Å². The number of rotatable bonds is 10. The van der Waals surface area contributed by atoms with Crippen LogP contribution < -0.4 is 4.90 Å². The normalized spacial score (nSPS) is 10.8. The fourth-order valence-corrected chi connectivity index (χ4v) is 2.78. The molecule has 0 saturated carbocycles. The van der Waals surface area contributed by atoms with E-state index in [0.29, 0.717) is 5.69 Å². The van der Waals surface area contributed by atoms with Crippen molar-refractivity contribution in [1.82, 2.24) is 0 Å². The zero-order valence-electron chi connectivity index (χ0n) is 16.6. The zero-order chi connectivity index (χ0) is 21.2. The van der Waals surface area contributed by atoms with E-state index in [4.69, 9.17) is 5.26 Å². The van der Waals surface area contributed by atoms with E-state index in [2.05, 4.69) is 29.0 Å². The van der Waals surface area contributed by atoms with Gasteiger partial charge in [0, 0.05) is 24.8 Å². The molecule has 0 N–H and O–H groups in total. The standard InChI is InChI=1S/C21H24FN5O2/c1-3-5-11-26(12-6-4-2)18-9-7-17(8-10-18)24-25-21-16(15-23)13-19(27(28)29)14-20(21)22/h7-10,13-14H,3-6,11-12H2,1-2H3. The van der Waals surface area contributed by atoms with Gasteiger partial charge in [-0.2, -0.15) is 10.4 Å². The zero-order valence-corrected chi connectivity index (χ0v) is 16.6. The molecule has 7 nitrogen and oxygen atoms in total. The van der Waals surface area contributed by atoms with Gasteiger partial charge in [0.2, 0.25) is 0 Å². The molecule has 0 unspecified atom stereocenters. The topological polar surface area (TPSA) is 94.9 Å². The van der Waals surface area contributed by atoms with Crippen molar-refractivity contribution in [3.05, 3.63) is 57.9 Å². The maximum absolute atomic E-state index is 14.2. The van der Waals surface area contributed by atoms with Crippen molar-refractivity contribution in [3.63, 3.8) is 0 Å². The molecule has 0 fully saturated rings. The number of non-ortho nitro benzene ring substituents is 1. The Bertz CT molecular complexity index is 899. The third-order valence-corrected chi connectivity index (χ3v) is 4.42. The van der Waals surface area contributed by atoms with Crippen LogP contribution in [0.5, 0.6) is 0 Å². The van der Waals surface area contributed by atoms with Gasteiger partial charge in [-0.15, -0.1) is 5.11 Å². The molecule has 0 bridgehead atoms. The van der Waals surface area contributed by atoms with Gasteiger partial charge in [-0.3, -0.25) is 10.1 Å². The molecule has 152 valence electrons. The minimum absolute atomic E-state index is 0.234. The van der Waals surface area contributed by atoms with Gasteiger partial charge in [0.15, 0.2) is 5.82 Å². The van der Waals surface area contributed by atoms with Crippen LogP contribution in [0, 0.1) is 27.3 Å². The van der Waals surface area contributed by atoms with Crippen LogP contribution in [0.2, 0.25) is 0 Å². The van der Waals surface area contributed by atoms with E-state index in [1.807, 2.05) is 12.1 Å². The second kappa shape index (κ2) is 10.9. The average molecular weight is 397 g/mol. The Morgan fingerprint density at radius 1 is 1.10 bits per heavy atom. The molecule has 0 atom stereocenters. The summed E-state index contributed by atoms with van der Waals surface area (Å²) in [6.45, 7) is 6.29. The summed E-state index contributed by atoms with van der Waals surface area (Å²) in [7, 11) is 0. The number of halogens is 1. The van der Waals surface area contributed by atoms with Crippen molar-refractivity contribution >= 4 is 22.7 Å².